The Hall–Kier alpha value is -1.61. The van der Waals surface area contributed by atoms with E-state index in [1.165, 1.54) is 120 Å². The first kappa shape index (κ1) is 32.4. The molecule has 0 radical (unpaired) electrons. The smallest absolute Gasteiger partial charge is 0.328 e. The summed E-state index contributed by atoms with van der Waals surface area (Å²) in [6, 6.07) is 9.31. The fourth-order valence-electron chi connectivity index (χ4n) is 4.19. The third kappa shape index (κ3) is 23.5. The molecule has 0 saturated carbocycles. The highest BCUT2D eigenvalue weighted by molar-refractivity contribution is 5.85. The standard InChI is InChI=1S/C22H48N.C9H8O2/c1-5-7-9-11-13-15-17-19-21-23(3,4)22-20-18-16-14-12-10-8-6-2;10-9(11)7-6-8-4-2-1-3-5-8/h5-22H2,1-4H3;1-7H,(H,10,11)/q+1;/b;7-6+. The molecule has 3 heteroatoms. The van der Waals surface area contributed by atoms with Crippen molar-refractivity contribution in [2.45, 2.75) is 117 Å². The van der Waals surface area contributed by atoms with Crippen molar-refractivity contribution in [1.82, 2.24) is 0 Å². The zero-order valence-electron chi connectivity index (χ0n) is 23.1. The maximum absolute atomic E-state index is 10.1. The maximum Gasteiger partial charge on any atom is 0.328 e. The van der Waals surface area contributed by atoms with E-state index in [0.717, 1.165) is 11.6 Å². The zero-order chi connectivity index (χ0) is 25.3. The molecule has 0 unspecified atom stereocenters. The molecule has 3 nitrogen and oxygen atoms in total. The van der Waals surface area contributed by atoms with Crippen molar-refractivity contribution in [3.63, 3.8) is 0 Å². The van der Waals surface area contributed by atoms with Crippen LogP contribution in [0.5, 0.6) is 0 Å². The van der Waals surface area contributed by atoms with Crippen molar-refractivity contribution in [3.8, 4) is 0 Å². The molecule has 1 rings (SSSR count). The Morgan fingerprint density at radius 3 is 1.44 bits per heavy atom. The molecule has 196 valence electrons. The Labute approximate surface area is 212 Å². The fourth-order valence-corrected chi connectivity index (χ4v) is 4.19. The topological polar surface area (TPSA) is 37.3 Å². The van der Waals surface area contributed by atoms with Crippen molar-refractivity contribution in [2.75, 3.05) is 27.2 Å². The molecular formula is C31H56NO2+. The lowest BCUT2D eigenvalue weighted by molar-refractivity contribution is -0.890. The van der Waals surface area contributed by atoms with E-state index in [9.17, 15) is 4.79 Å². The first-order valence-corrected chi connectivity index (χ1v) is 14.2. The molecular weight excluding hydrogens is 418 g/mol. The van der Waals surface area contributed by atoms with E-state index in [1.807, 2.05) is 30.3 Å². The van der Waals surface area contributed by atoms with Crippen molar-refractivity contribution >= 4 is 12.0 Å². The van der Waals surface area contributed by atoms with Crippen molar-refractivity contribution in [2.24, 2.45) is 0 Å². The van der Waals surface area contributed by atoms with Crippen LogP contribution in [0.4, 0.5) is 0 Å². The van der Waals surface area contributed by atoms with Crippen LogP contribution in [0.3, 0.4) is 0 Å². The number of rotatable bonds is 20. The van der Waals surface area contributed by atoms with Crippen LogP contribution in [-0.2, 0) is 4.79 Å². The summed E-state index contributed by atoms with van der Waals surface area (Å²) < 4.78 is 1.24. The van der Waals surface area contributed by atoms with Gasteiger partial charge in [0.1, 0.15) is 0 Å². The van der Waals surface area contributed by atoms with E-state index in [4.69, 9.17) is 5.11 Å². The van der Waals surface area contributed by atoms with Gasteiger partial charge in [-0.3, -0.25) is 0 Å². The number of carboxylic acid groups (broad SMARTS) is 1. The van der Waals surface area contributed by atoms with Crippen LogP contribution in [-0.4, -0.2) is 42.7 Å². The maximum atomic E-state index is 10.1. The summed E-state index contributed by atoms with van der Waals surface area (Å²) in [4.78, 5) is 10.1. The average molecular weight is 475 g/mol. The summed E-state index contributed by atoms with van der Waals surface area (Å²) in [5, 5.41) is 8.29. The third-order valence-electron chi connectivity index (χ3n) is 6.45. The monoisotopic (exact) mass is 474 g/mol. The van der Waals surface area contributed by atoms with Gasteiger partial charge in [0.05, 0.1) is 27.2 Å². The summed E-state index contributed by atoms with van der Waals surface area (Å²) in [6.07, 6.45) is 25.7. The van der Waals surface area contributed by atoms with Crippen LogP contribution in [0.1, 0.15) is 122 Å². The number of benzene rings is 1. The van der Waals surface area contributed by atoms with E-state index >= 15 is 0 Å². The van der Waals surface area contributed by atoms with Gasteiger partial charge in [0, 0.05) is 6.08 Å². The summed E-state index contributed by atoms with van der Waals surface area (Å²) in [6.45, 7) is 7.36. The predicted octanol–water partition coefficient (Wildman–Crippen LogP) is 9.13. The average Bonchev–Trinajstić information content (AvgIpc) is 2.82. The van der Waals surface area contributed by atoms with Crippen molar-refractivity contribution < 1.29 is 14.4 Å². The molecule has 1 aromatic rings. The minimum absolute atomic E-state index is 0.898. The molecule has 34 heavy (non-hydrogen) atoms. The van der Waals surface area contributed by atoms with Crippen LogP contribution in [0.2, 0.25) is 0 Å². The minimum atomic E-state index is -0.922. The second kappa shape index (κ2) is 23.1. The molecule has 0 fully saturated rings. The van der Waals surface area contributed by atoms with Gasteiger partial charge < -0.3 is 9.59 Å². The summed E-state index contributed by atoms with van der Waals surface area (Å²) >= 11 is 0. The lowest BCUT2D eigenvalue weighted by atomic mass is 10.1. The Balaban J connectivity index is 0.000000818. The van der Waals surface area contributed by atoms with E-state index < -0.39 is 5.97 Å². The lowest BCUT2D eigenvalue weighted by Crippen LogP contribution is -2.41. The van der Waals surface area contributed by atoms with E-state index in [0.29, 0.717) is 0 Å². The number of unbranched alkanes of at least 4 members (excludes halogenated alkanes) is 14. The molecule has 0 saturated heterocycles. The molecule has 0 amide bonds. The highest BCUT2D eigenvalue weighted by atomic mass is 16.4. The second-order valence-corrected chi connectivity index (χ2v) is 10.4. The van der Waals surface area contributed by atoms with Gasteiger partial charge in [-0.15, -0.1) is 0 Å². The van der Waals surface area contributed by atoms with E-state index in [-0.39, 0.29) is 0 Å². The lowest BCUT2D eigenvalue weighted by Gasteiger charge is -2.30. The van der Waals surface area contributed by atoms with Crippen LogP contribution < -0.4 is 0 Å². The molecule has 0 bridgehead atoms. The number of carboxylic acids is 1. The third-order valence-corrected chi connectivity index (χ3v) is 6.45. The number of aliphatic carboxylic acids is 1. The molecule has 0 aromatic heterocycles. The van der Waals surface area contributed by atoms with Crippen LogP contribution in [0, 0.1) is 0 Å². The largest absolute Gasteiger partial charge is 0.478 e. The van der Waals surface area contributed by atoms with Gasteiger partial charge in [0.25, 0.3) is 0 Å². The van der Waals surface area contributed by atoms with Gasteiger partial charge in [0.15, 0.2) is 0 Å². The summed E-state index contributed by atoms with van der Waals surface area (Å²) in [5.41, 5.74) is 0.898. The highest BCUT2D eigenvalue weighted by Crippen LogP contribution is 2.13. The number of nitrogens with zero attached hydrogens (tertiary/aromatic N) is 1. The van der Waals surface area contributed by atoms with E-state index in [1.54, 1.807) is 6.08 Å². The normalized spacial score (nSPS) is 11.4. The Kier molecular flexibility index (Phi) is 22.1. The number of hydrogen-bond donors (Lipinski definition) is 1. The van der Waals surface area contributed by atoms with Gasteiger partial charge in [-0.1, -0.05) is 121 Å². The minimum Gasteiger partial charge on any atom is -0.478 e. The summed E-state index contributed by atoms with van der Waals surface area (Å²) in [5.74, 6) is -0.922. The molecule has 0 aliphatic rings. The quantitative estimate of drug-likeness (QED) is 0.116. The van der Waals surface area contributed by atoms with Gasteiger partial charge in [-0.25, -0.2) is 4.79 Å². The second-order valence-electron chi connectivity index (χ2n) is 10.4. The van der Waals surface area contributed by atoms with Gasteiger partial charge in [-0.2, -0.15) is 0 Å². The first-order chi connectivity index (χ1) is 16.4. The molecule has 0 heterocycles. The molecule has 0 atom stereocenters. The molecule has 0 aliphatic carbocycles. The Morgan fingerprint density at radius 2 is 1.06 bits per heavy atom. The fraction of sp³-hybridized carbons (Fsp3) is 0.710. The van der Waals surface area contributed by atoms with Gasteiger partial charge in [0.2, 0.25) is 0 Å². The SMILES string of the molecule is CCCCCCCCCC[N+](C)(C)CCCCCCCCCC.O=C(O)/C=C/c1ccccc1. The predicted molar refractivity (Wildman–Crippen MR) is 150 cm³/mol. The molecule has 1 N–H and O–H groups in total. The molecule has 1 aromatic carbocycles. The highest BCUT2D eigenvalue weighted by Gasteiger charge is 2.13. The molecule has 0 aliphatic heterocycles. The van der Waals surface area contributed by atoms with Crippen molar-refractivity contribution in [1.29, 1.82) is 0 Å². The van der Waals surface area contributed by atoms with E-state index in [2.05, 4.69) is 27.9 Å². The van der Waals surface area contributed by atoms with Crippen molar-refractivity contribution in [3.05, 3.63) is 42.0 Å². The van der Waals surface area contributed by atoms with Gasteiger partial charge in [-0.05, 0) is 37.3 Å². The zero-order valence-corrected chi connectivity index (χ0v) is 23.1. The van der Waals surface area contributed by atoms with Gasteiger partial charge >= 0.3 is 5.97 Å². The van der Waals surface area contributed by atoms with Crippen LogP contribution in [0.25, 0.3) is 6.08 Å². The Morgan fingerprint density at radius 1 is 0.676 bits per heavy atom. The molecule has 0 spiro atoms. The summed E-state index contributed by atoms with van der Waals surface area (Å²) in [7, 11) is 4.87. The first-order valence-electron chi connectivity index (χ1n) is 14.2. The van der Waals surface area contributed by atoms with Crippen LogP contribution in [0.15, 0.2) is 36.4 Å². The number of quaternary nitrogens is 1. The number of hydrogen-bond acceptors (Lipinski definition) is 1. The number of carbonyl (C=O) groups is 1. The van der Waals surface area contributed by atoms with Crippen LogP contribution >= 0.6 is 0 Å². The Bertz CT molecular complexity index is 573.